The first kappa shape index (κ1) is 18.2. The molecular weight excluding hydrogens is 324 g/mol. The second kappa shape index (κ2) is 9.18. The Balaban J connectivity index is 1.61. The van der Waals surface area contributed by atoms with Gasteiger partial charge in [-0.25, -0.2) is 4.98 Å². The fourth-order valence-electron chi connectivity index (χ4n) is 3.05. The van der Waals surface area contributed by atoms with Crippen LogP contribution in [0.2, 0.25) is 0 Å². The maximum absolute atomic E-state index is 11.5. The van der Waals surface area contributed by atoms with E-state index in [-0.39, 0.29) is 5.56 Å². The van der Waals surface area contributed by atoms with Crippen molar-refractivity contribution in [2.24, 2.45) is 0 Å². The molecule has 1 aromatic heterocycles. The summed E-state index contributed by atoms with van der Waals surface area (Å²) in [6, 6.07) is 13.6. The number of nitrogens with one attached hydrogen (secondary N) is 1. The van der Waals surface area contributed by atoms with Crippen molar-refractivity contribution in [3.63, 3.8) is 0 Å². The number of H-pyrrole nitrogens is 1. The smallest absolute Gasteiger partial charge is 0.251 e. The van der Waals surface area contributed by atoms with Crippen molar-refractivity contribution >= 4 is 10.8 Å². The molecule has 4 nitrogen and oxygen atoms in total. The first-order chi connectivity index (χ1) is 12.8. The Bertz CT molecular complexity index is 902. The van der Waals surface area contributed by atoms with Gasteiger partial charge in [0.05, 0.1) is 6.61 Å². The van der Waals surface area contributed by atoms with E-state index in [4.69, 9.17) is 4.74 Å². The second-order valence-corrected chi connectivity index (χ2v) is 6.62. The van der Waals surface area contributed by atoms with Crippen LogP contribution in [-0.2, 0) is 0 Å². The lowest BCUT2D eigenvalue weighted by molar-refractivity contribution is 0.305. The van der Waals surface area contributed by atoms with Crippen LogP contribution in [0.3, 0.4) is 0 Å². The zero-order chi connectivity index (χ0) is 18.2. The molecule has 0 saturated heterocycles. The first-order valence-electron chi connectivity index (χ1n) is 9.48. The van der Waals surface area contributed by atoms with Gasteiger partial charge in [-0.2, -0.15) is 0 Å². The Hall–Kier alpha value is -2.62. The summed E-state index contributed by atoms with van der Waals surface area (Å²) >= 11 is 0. The number of aromatic amines is 1. The van der Waals surface area contributed by atoms with Gasteiger partial charge in [-0.15, -0.1) is 0 Å². The van der Waals surface area contributed by atoms with Crippen molar-refractivity contribution in [2.75, 3.05) is 6.61 Å². The summed E-state index contributed by atoms with van der Waals surface area (Å²) in [6.45, 7) is 3.01. The highest BCUT2D eigenvalue weighted by molar-refractivity contribution is 5.87. The van der Waals surface area contributed by atoms with Crippen LogP contribution in [0.4, 0.5) is 0 Å². The van der Waals surface area contributed by atoms with Crippen LogP contribution in [-0.4, -0.2) is 16.6 Å². The molecule has 0 bridgehead atoms. The molecule has 0 radical (unpaired) electrons. The molecule has 136 valence electrons. The average Bonchev–Trinajstić information content (AvgIpc) is 2.67. The van der Waals surface area contributed by atoms with Gasteiger partial charge < -0.3 is 9.72 Å². The van der Waals surface area contributed by atoms with Crippen molar-refractivity contribution in [1.82, 2.24) is 9.97 Å². The molecule has 0 amide bonds. The molecule has 0 aliphatic carbocycles. The third kappa shape index (κ3) is 4.94. The monoisotopic (exact) mass is 350 g/mol. The lowest BCUT2D eigenvalue weighted by Gasteiger charge is -2.08. The maximum atomic E-state index is 11.5. The van der Waals surface area contributed by atoms with E-state index in [0.717, 1.165) is 35.1 Å². The standard InChI is InChI=1S/C22H26N2O2/c1-2-3-4-5-6-7-14-26-20-11-10-17-15-19(9-8-18(17)16-20)22-23-13-12-21(25)24-22/h8-13,15-16H,2-7,14H2,1H3,(H,23,24,25). The quantitative estimate of drug-likeness (QED) is 0.531. The van der Waals surface area contributed by atoms with E-state index in [1.165, 1.54) is 44.4 Å². The topological polar surface area (TPSA) is 55.0 Å². The number of unbranched alkanes of at least 4 members (excludes halogenated alkanes) is 5. The molecule has 0 atom stereocenters. The van der Waals surface area contributed by atoms with E-state index >= 15 is 0 Å². The van der Waals surface area contributed by atoms with E-state index in [9.17, 15) is 4.79 Å². The summed E-state index contributed by atoms with van der Waals surface area (Å²) in [4.78, 5) is 18.4. The number of benzene rings is 2. The van der Waals surface area contributed by atoms with Crippen molar-refractivity contribution in [2.45, 2.75) is 45.4 Å². The summed E-state index contributed by atoms with van der Waals surface area (Å²) in [7, 11) is 0. The van der Waals surface area contributed by atoms with E-state index in [0.29, 0.717) is 5.82 Å². The lowest BCUT2D eigenvalue weighted by Crippen LogP contribution is -2.05. The van der Waals surface area contributed by atoms with Crippen LogP contribution in [0, 0.1) is 0 Å². The molecule has 0 saturated carbocycles. The molecule has 3 rings (SSSR count). The Kier molecular flexibility index (Phi) is 6.42. The van der Waals surface area contributed by atoms with E-state index < -0.39 is 0 Å². The van der Waals surface area contributed by atoms with Gasteiger partial charge >= 0.3 is 0 Å². The first-order valence-corrected chi connectivity index (χ1v) is 9.48. The van der Waals surface area contributed by atoms with Gasteiger partial charge in [-0.1, -0.05) is 57.2 Å². The number of aromatic nitrogens is 2. The van der Waals surface area contributed by atoms with Gasteiger partial charge in [0.2, 0.25) is 0 Å². The minimum atomic E-state index is -0.145. The number of nitrogens with zero attached hydrogens (tertiary/aromatic N) is 1. The molecule has 0 spiro atoms. The van der Waals surface area contributed by atoms with E-state index in [1.807, 2.05) is 24.3 Å². The maximum Gasteiger partial charge on any atom is 0.251 e. The number of hydrogen-bond acceptors (Lipinski definition) is 3. The van der Waals surface area contributed by atoms with Crippen LogP contribution in [0.1, 0.15) is 45.4 Å². The Morgan fingerprint density at radius 3 is 2.54 bits per heavy atom. The third-order valence-corrected chi connectivity index (χ3v) is 4.52. The minimum Gasteiger partial charge on any atom is -0.494 e. The molecule has 3 aromatic rings. The van der Waals surface area contributed by atoms with Crippen LogP contribution < -0.4 is 10.3 Å². The zero-order valence-electron chi connectivity index (χ0n) is 15.3. The highest BCUT2D eigenvalue weighted by Crippen LogP contribution is 2.25. The van der Waals surface area contributed by atoms with Crippen LogP contribution in [0.5, 0.6) is 5.75 Å². The molecule has 0 aliphatic rings. The summed E-state index contributed by atoms with van der Waals surface area (Å²) in [5.74, 6) is 1.49. The lowest BCUT2D eigenvalue weighted by atomic mass is 10.1. The van der Waals surface area contributed by atoms with Gasteiger partial charge in [0, 0.05) is 17.8 Å². The van der Waals surface area contributed by atoms with Crippen molar-refractivity contribution in [1.29, 1.82) is 0 Å². The Morgan fingerprint density at radius 1 is 0.923 bits per heavy atom. The zero-order valence-corrected chi connectivity index (χ0v) is 15.3. The number of hydrogen-bond donors (Lipinski definition) is 1. The third-order valence-electron chi connectivity index (χ3n) is 4.52. The predicted octanol–water partition coefficient (Wildman–Crippen LogP) is 5.33. The molecule has 2 aromatic carbocycles. The SMILES string of the molecule is CCCCCCCCOc1ccc2cc(-c3nccc(=O)[nH]3)ccc2c1. The summed E-state index contributed by atoms with van der Waals surface area (Å²) in [5.41, 5.74) is 0.754. The van der Waals surface area contributed by atoms with Crippen LogP contribution >= 0.6 is 0 Å². The number of ether oxygens (including phenoxy) is 1. The largest absolute Gasteiger partial charge is 0.494 e. The van der Waals surface area contributed by atoms with Gasteiger partial charge in [-0.05, 0) is 35.4 Å². The normalized spacial score (nSPS) is 11.0. The molecular formula is C22H26N2O2. The van der Waals surface area contributed by atoms with Crippen molar-refractivity contribution in [3.05, 3.63) is 59.0 Å². The molecule has 1 N–H and O–H groups in total. The molecule has 1 heterocycles. The van der Waals surface area contributed by atoms with Gasteiger partial charge in [0.15, 0.2) is 0 Å². The molecule has 0 fully saturated rings. The molecule has 26 heavy (non-hydrogen) atoms. The van der Waals surface area contributed by atoms with Crippen molar-refractivity contribution < 1.29 is 4.74 Å². The summed E-state index contributed by atoms with van der Waals surface area (Å²) in [5, 5.41) is 2.22. The van der Waals surface area contributed by atoms with Gasteiger partial charge in [0.25, 0.3) is 5.56 Å². The molecule has 4 heteroatoms. The van der Waals surface area contributed by atoms with Crippen LogP contribution in [0.25, 0.3) is 22.2 Å². The Morgan fingerprint density at radius 2 is 1.69 bits per heavy atom. The highest BCUT2D eigenvalue weighted by atomic mass is 16.5. The second-order valence-electron chi connectivity index (χ2n) is 6.62. The number of fused-ring (bicyclic) bond motifs is 1. The minimum absolute atomic E-state index is 0.145. The summed E-state index contributed by atoms with van der Waals surface area (Å²) < 4.78 is 5.89. The fraction of sp³-hybridized carbons (Fsp3) is 0.364. The van der Waals surface area contributed by atoms with E-state index in [1.54, 1.807) is 0 Å². The molecule has 0 unspecified atom stereocenters. The highest BCUT2D eigenvalue weighted by Gasteiger charge is 2.03. The van der Waals surface area contributed by atoms with Gasteiger partial charge in [-0.3, -0.25) is 4.79 Å². The Labute approximate surface area is 154 Å². The average molecular weight is 350 g/mol. The molecule has 0 aliphatic heterocycles. The van der Waals surface area contributed by atoms with Crippen molar-refractivity contribution in [3.8, 4) is 17.1 Å². The van der Waals surface area contributed by atoms with Crippen LogP contribution in [0.15, 0.2) is 53.5 Å². The van der Waals surface area contributed by atoms with E-state index in [2.05, 4.69) is 29.0 Å². The summed E-state index contributed by atoms with van der Waals surface area (Å²) in [6.07, 6.45) is 9.11. The fourth-order valence-corrected chi connectivity index (χ4v) is 3.05. The number of rotatable bonds is 9. The predicted molar refractivity (Wildman–Crippen MR) is 107 cm³/mol. The van der Waals surface area contributed by atoms with Gasteiger partial charge in [0.1, 0.15) is 11.6 Å².